The van der Waals surface area contributed by atoms with Crippen LogP contribution in [-0.2, 0) is 35.7 Å². The van der Waals surface area contributed by atoms with Crippen molar-refractivity contribution in [2.75, 3.05) is 58.4 Å². The van der Waals surface area contributed by atoms with Crippen molar-refractivity contribution in [3.05, 3.63) is 118 Å². The van der Waals surface area contributed by atoms with Gasteiger partial charge in [-0.1, -0.05) is 48.5 Å². The average Bonchev–Trinajstić information content (AvgIpc) is 3.80. The summed E-state index contributed by atoms with van der Waals surface area (Å²) >= 11 is 0. The van der Waals surface area contributed by atoms with E-state index in [1.807, 2.05) is 71.1 Å². The quantitative estimate of drug-likeness (QED) is 0.186. The van der Waals surface area contributed by atoms with E-state index in [4.69, 9.17) is 14.2 Å². The van der Waals surface area contributed by atoms with Crippen LogP contribution in [-0.4, -0.2) is 94.4 Å². The van der Waals surface area contributed by atoms with E-state index in [0.717, 1.165) is 60.4 Å². The van der Waals surface area contributed by atoms with Gasteiger partial charge in [0.1, 0.15) is 18.2 Å². The first-order chi connectivity index (χ1) is 25.6. The highest BCUT2D eigenvalue weighted by Crippen LogP contribution is 2.36. The fourth-order valence-electron chi connectivity index (χ4n) is 6.84. The van der Waals surface area contributed by atoms with E-state index in [1.54, 1.807) is 32.2 Å². The summed E-state index contributed by atoms with van der Waals surface area (Å²) in [6.07, 6.45) is 1.08. The van der Waals surface area contributed by atoms with Gasteiger partial charge in [-0.05, 0) is 67.9 Å². The molecule has 278 valence electrons. The van der Waals surface area contributed by atoms with Crippen LogP contribution in [0.1, 0.15) is 52.7 Å². The van der Waals surface area contributed by atoms with Crippen molar-refractivity contribution in [2.45, 2.75) is 52.0 Å². The molecule has 2 N–H and O–H groups in total. The number of nitrogens with one attached hydrogen (secondary N) is 1. The number of H-pyrrole nitrogens is 1. The van der Waals surface area contributed by atoms with E-state index in [0.29, 0.717) is 49.1 Å². The Kier molecular flexibility index (Phi) is 11.0. The highest BCUT2D eigenvalue weighted by atomic mass is 16.7. The highest BCUT2D eigenvalue weighted by Gasteiger charge is 2.27. The summed E-state index contributed by atoms with van der Waals surface area (Å²) in [5, 5.41) is 10.9. The van der Waals surface area contributed by atoms with Crippen molar-refractivity contribution in [3.8, 4) is 5.75 Å². The lowest BCUT2D eigenvalue weighted by Crippen LogP contribution is -2.43. The van der Waals surface area contributed by atoms with E-state index >= 15 is 0 Å². The minimum absolute atomic E-state index is 0.256. The second-order valence-electron chi connectivity index (χ2n) is 14.6. The van der Waals surface area contributed by atoms with Gasteiger partial charge in [0.2, 0.25) is 5.62 Å². The maximum absolute atomic E-state index is 13.8. The average molecular weight is 720 g/mol. The Hall–Kier alpha value is -4.85. The van der Waals surface area contributed by atoms with Crippen LogP contribution in [0.4, 0.5) is 5.82 Å². The van der Waals surface area contributed by atoms with Gasteiger partial charge in [-0.15, -0.1) is 0 Å². The van der Waals surface area contributed by atoms with Crippen LogP contribution < -0.4 is 15.3 Å². The summed E-state index contributed by atoms with van der Waals surface area (Å²) in [5.74, 6) is 0.891. The number of likely N-dealkylation sites (N-methyl/N-ethyl adjacent to an activating group) is 1. The summed E-state index contributed by atoms with van der Waals surface area (Å²) in [6, 6.07) is 25.7. The summed E-state index contributed by atoms with van der Waals surface area (Å²) in [5.41, 5.74) is 5.52. The van der Waals surface area contributed by atoms with Gasteiger partial charge in [0.05, 0.1) is 42.0 Å². The van der Waals surface area contributed by atoms with Crippen LogP contribution in [0.5, 0.6) is 5.75 Å². The fraction of sp³-hybridized carbons (Fsp3) is 0.390. The first kappa shape index (κ1) is 36.5. The van der Waals surface area contributed by atoms with Crippen LogP contribution in [0.15, 0.2) is 90.1 Å². The number of hydrogen-bond acceptors (Lipinski definition) is 9. The zero-order chi connectivity index (χ0) is 37.0. The maximum atomic E-state index is 13.8. The topological polar surface area (TPSA) is 121 Å². The number of aromatic nitrogens is 3. The number of carbonyl (C=O) groups is 1. The molecule has 2 aliphatic rings. The van der Waals surface area contributed by atoms with Crippen LogP contribution in [0.2, 0.25) is 0 Å². The maximum Gasteiger partial charge on any atom is 0.280 e. The molecule has 0 radical (unpaired) electrons. The summed E-state index contributed by atoms with van der Waals surface area (Å²) in [7, 11) is 4.09. The molecule has 2 aromatic heterocycles. The van der Waals surface area contributed by atoms with Crippen LogP contribution in [0, 0.1) is 0 Å². The molecule has 0 atom stereocenters. The molecular weight excluding hydrogens is 670 g/mol. The molecule has 1 amide bonds. The molecule has 12 heteroatoms. The monoisotopic (exact) mass is 719 g/mol. The third kappa shape index (κ3) is 9.03. The van der Waals surface area contributed by atoms with Crippen LogP contribution in [0.3, 0.4) is 0 Å². The first-order valence-electron chi connectivity index (χ1n) is 18.2. The Morgan fingerprint density at radius 1 is 1.00 bits per heavy atom. The van der Waals surface area contributed by atoms with Gasteiger partial charge in [0, 0.05) is 58.1 Å². The lowest BCUT2D eigenvalue weighted by molar-refractivity contribution is -0.0464. The number of amides is 1. The first-order valence-corrected chi connectivity index (χ1v) is 18.2. The molecule has 5 aromatic rings. The van der Waals surface area contributed by atoms with Crippen molar-refractivity contribution < 1.29 is 24.1 Å². The predicted molar refractivity (Wildman–Crippen MR) is 203 cm³/mol. The zero-order valence-corrected chi connectivity index (χ0v) is 31.0. The summed E-state index contributed by atoms with van der Waals surface area (Å²) in [4.78, 5) is 33.1. The SMILES string of the molecule is CN1CCN(Cc2ccc3[nH]/c(=N\C(=O)c4ccnc(N(C)Cc5cccc(OCc6ccccc6)c5C5OCCO5)c4)n(CC(C)(C)O)c3c2)CC1. The van der Waals surface area contributed by atoms with E-state index < -0.39 is 17.8 Å². The molecule has 0 unspecified atom stereocenters. The normalized spacial score (nSPS) is 16.4. The van der Waals surface area contributed by atoms with E-state index in [2.05, 4.69) is 43.9 Å². The molecule has 0 bridgehead atoms. The van der Waals surface area contributed by atoms with Crippen molar-refractivity contribution in [3.63, 3.8) is 0 Å². The second-order valence-corrected chi connectivity index (χ2v) is 14.6. The molecule has 3 aromatic carbocycles. The molecule has 53 heavy (non-hydrogen) atoms. The van der Waals surface area contributed by atoms with Gasteiger partial charge in [0.15, 0.2) is 6.29 Å². The van der Waals surface area contributed by atoms with Crippen molar-refractivity contribution >= 4 is 22.8 Å². The number of fused-ring (bicyclic) bond motifs is 1. The Labute approximate surface area is 310 Å². The van der Waals surface area contributed by atoms with Crippen molar-refractivity contribution in [2.24, 2.45) is 4.99 Å². The Morgan fingerprint density at radius 3 is 2.53 bits per heavy atom. The Balaban J connectivity index is 1.13. The molecule has 0 saturated carbocycles. The minimum Gasteiger partial charge on any atom is -0.488 e. The molecule has 2 fully saturated rings. The van der Waals surface area contributed by atoms with Gasteiger partial charge in [-0.2, -0.15) is 4.99 Å². The van der Waals surface area contributed by atoms with Crippen molar-refractivity contribution in [1.29, 1.82) is 0 Å². The zero-order valence-electron chi connectivity index (χ0n) is 31.0. The Bertz CT molecular complexity index is 2090. The standard InChI is InChI=1S/C41H49N7O5/c1-41(2,50)28-48-34-23-30(25-47-19-17-45(3)18-20-47)13-14-33(34)43-40(48)44-38(49)31-15-16-42-36(24-31)46(4)26-32-11-8-12-35(37(32)39-51-21-22-52-39)53-27-29-9-6-5-7-10-29/h5-16,23-24,39,50H,17-22,25-28H2,1-4H3,(H,43,44,49). The lowest BCUT2D eigenvalue weighted by Gasteiger charge is -2.32. The summed E-state index contributed by atoms with van der Waals surface area (Å²) < 4.78 is 20.1. The number of aromatic amines is 1. The molecule has 4 heterocycles. The minimum atomic E-state index is -1.04. The number of rotatable bonds is 12. The van der Waals surface area contributed by atoms with Gasteiger partial charge in [-0.25, -0.2) is 4.98 Å². The number of hydrogen-bond donors (Lipinski definition) is 2. The molecule has 2 saturated heterocycles. The van der Waals surface area contributed by atoms with Gasteiger partial charge in [0.25, 0.3) is 5.91 Å². The molecular formula is C41H49N7O5. The van der Waals surface area contributed by atoms with Gasteiger partial charge < -0.3 is 38.7 Å². The fourth-order valence-corrected chi connectivity index (χ4v) is 6.84. The third-order valence-electron chi connectivity index (χ3n) is 9.65. The lowest BCUT2D eigenvalue weighted by atomic mass is 10.0. The molecule has 12 nitrogen and oxygen atoms in total. The smallest absolute Gasteiger partial charge is 0.280 e. The van der Waals surface area contributed by atoms with E-state index in [9.17, 15) is 9.90 Å². The number of carbonyl (C=O) groups excluding carboxylic acids is 1. The van der Waals surface area contributed by atoms with Crippen LogP contribution in [0.25, 0.3) is 11.0 Å². The number of ether oxygens (including phenoxy) is 3. The van der Waals surface area contributed by atoms with Crippen molar-refractivity contribution in [1.82, 2.24) is 24.3 Å². The summed E-state index contributed by atoms with van der Waals surface area (Å²) in [6.45, 7) is 10.6. The number of anilines is 1. The molecule has 0 aliphatic carbocycles. The number of pyridine rings is 1. The number of imidazole rings is 1. The van der Waals surface area contributed by atoms with Crippen LogP contribution >= 0.6 is 0 Å². The third-order valence-corrected chi connectivity index (χ3v) is 9.65. The molecule has 0 spiro atoms. The Morgan fingerprint density at radius 2 is 1.77 bits per heavy atom. The van der Waals surface area contributed by atoms with E-state index in [1.165, 1.54) is 5.56 Å². The largest absolute Gasteiger partial charge is 0.488 e. The highest BCUT2D eigenvalue weighted by molar-refractivity contribution is 5.95. The molecule has 2 aliphatic heterocycles. The van der Waals surface area contributed by atoms with E-state index in [-0.39, 0.29) is 6.54 Å². The van der Waals surface area contributed by atoms with Gasteiger partial charge >= 0.3 is 0 Å². The number of nitrogens with zero attached hydrogens (tertiary/aromatic N) is 6. The number of benzene rings is 3. The molecule has 7 rings (SSSR count). The van der Waals surface area contributed by atoms with Gasteiger partial charge in [-0.3, -0.25) is 9.69 Å². The number of aliphatic hydroxyl groups is 1. The number of piperazine rings is 1. The second kappa shape index (κ2) is 16.0. The predicted octanol–water partition coefficient (Wildman–Crippen LogP) is 4.88.